The second-order valence-electron chi connectivity index (χ2n) is 9.24. The summed E-state index contributed by atoms with van der Waals surface area (Å²) in [4.78, 5) is 40.6. The average Bonchev–Trinajstić information content (AvgIpc) is 3.18. The van der Waals surface area contributed by atoms with Gasteiger partial charge in [0.2, 0.25) is 0 Å². The predicted molar refractivity (Wildman–Crippen MR) is 138 cm³/mol. The van der Waals surface area contributed by atoms with Gasteiger partial charge >= 0.3 is 0 Å². The number of ether oxygens (including phenoxy) is 1. The Balaban J connectivity index is 1.30. The van der Waals surface area contributed by atoms with Crippen LogP contribution in [0.1, 0.15) is 19.8 Å². The van der Waals surface area contributed by atoms with Crippen molar-refractivity contribution < 1.29 is 9.53 Å². The van der Waals surface area contributed by atoms with E-state index in [-0.39, 0.29) is 45.9 Å². The number of piperidine rings is 1. The van der Waals surface area contributed by atoms with E-state index in [4.69, 9.17) is 28.5 Å². The zero-order valence-corrected chi connectivity index (χ0v) is 21.3. The Labute approximate surface area is 217 Å². The lowest BCUT2D eigenvalue weighted by molar-refractivity contribution is -0.117. The summed E-state index contributed by atoms with van der Waals surface area (Å²) in [5.74, 6) is 3.30. The molecule has 11 heteroatoms. The zero-order valence-electron chi connectivity index (χ0n) is 19.7. The molecule has 5 rings (SSSR count). The SMILES string of the molecule is C#C[C@@H]1OCC2(CCN(c3cnc(Sc4ccc5ncn(CC(C)=O)c(=O)c5c4Cl)cn3)CC2)[C@@H]1N. The van der Waals surface area contributed by atoms with E-state index in [2.05, 4.69) is 25.8 Å². The number of carbonyl (C=O) groups is 1. The van der Waals surface area contributed by atoms with E-state index in [1.807, 2.05) is 0 Å². The molecule has 2 aliphatic rings. The Morgan fingerprint density at radius 3 is 2.72 bits per heavy atom. The number of hydrogen-bond donors (Lipinski definition) is 1. The summed E-state index contributed by atoms with van der Waals surface area (Å²) < 4.78 is 6.99. The molecular weight excluding hydrogens is 500 g/mol. The minimum atomic E-state index is -0.354. The molecule has 2 fully saturated rings. The summed E-state index contributed by atoms with van der Waals surface area (Å²) in [6, 6.07) is 3.38. The number of hydrogen-bond acceptors (Lipinski definition) is 9. The average molecular weight is 525 g/mol. The van der Waals surface area contributed by atoms with Gasteiger partial charge in [-0.25, -0.2) is 15.0 Å². The fraction of sp³-hybridized carbons (Fsp3) is 0.400. The minimum Gasteiger partial charge on any atom is -0.363 e. The molecule has 1 aromatic carbocycles. The Morgan fingerprint density at radius 2 is 2.08 bits per heavy atom. The first-order chi connectivity index (χ1) is 17.3. The molecule has 36 heavy (non-hydrogen) atoms. The highest BCUT2D eigenvalue weighted by atomic mass is 35.5. The summed E-state index contributed by atoms with van der Waals surface area (Å²) in [5, 5.41) is 1.20. The number of benzene rings is 1. The number of nitrogens with zero attached hydrogens (tertiary/aromatic N) is 5. The zero-order chi connectivity index (χ0) is 25.4. The smallest absolute Gasteiger partial charge is 0.263 e. The van der Waals surface area contributed by atoms with E-state index in [0.717, 1.165) is 31.7 Å². The highest BCUT2D eigenvalue weighted by Gasteiger charge is 2.48. The van der Waals surface area contributed by atoms with Gasteiger partial charge in [0.05, 0.1) is 53.8 Å². The molecule has 0 radical (unpaired) electrons. The third-order valence-corrected chi connectivity index (χ3v) is 8.43. The van der Waals surface area contributed by atoms with Crippen LogP contribution in [0.25, 0.3) is 10.9 Å². The highest BCUT2D eigenvalue weighted by Crippen LogP contribution is 2.42. The van der Waals surface area contributed by atoms with E-state index < -0.39 is 0 Å². The summed E-state index contributed by atoms with van der Waals surface area (Å²) in [7, 11) is 0. The third-order valence-electron chi connectivity index (χ3n) is 6.95. The van der Waals surface area contributed by atoms with Crippen LogP contribution in [0.3, 0.4) is 0 Å². The second kappa shape index (κ2) is 9.82. The van der Waals surface area contributed by atoms with Crippen molar-refractivity contribution in [1.29, 1.82) is 0 Å². The lowest BCUT2D eigenvalue weighted by atomic mass is 9.73. The van der Waals surface area contributed by atoms with Crippen molar-refractivity contribution in [2.24, 2.45) is 11.1 Å². The Kier molecular flexibility index (Phi) is 6.74. The molecular formula is C25H25ClN6O3S. The number of Topliss-reactive ketones (excluding diaryl/α,β-unsaturated/α-hetero) is 1. The maximum absolute atomic E-state index is 12.9. The predicted octanol–water partition coefficient (Wildman–Crippen LogP) is 2.53. The molecule has 2 saturated heterocycles. The third kappa shape index (κ3) is 4.48. The van der Waals surface area contributed by atoms with E-state index in [0.29, 0.717) is 22.0 Å². The lowest BCUT2D eigenvalue weighted by Crippen LogP contribution is -2.51. The first-order valence-corrected chi connectivity index (χ1v) is 12.8. The first kappa shape index (κ1) is 24.7. The Hall–Kier alpha value is -2.97. The van der Waals surface area contributed by atoms with Gasteiger partial charge in [-0.15, -0.1) is 6.42 Å². The number of nitrogens with two attached hydrogens (primary N) is 1. The molecule has 4 heterocycles. The number of terminal acetylenes is 1. The van der Waals surface area contributed by atoms with Crippen molar-refractivity contribution in [2.45, 2.75) is 48.4 Å². The molecule has 2 N–H and O–H groups in total. The molecule has 0 unspecified atom stereocenters. The van der Waals surface area contributed by atoms with Crippen LogP contribution in [0.4, 0.5) is 5.82 Å². The molecule has 186 valence electrons. The molecule has 2 atom stereocenters. The molecule has 2 aliphatic heterocycles. The van der Waals surface area contributed by atoms with E-state index in [9.17, 15) is 9.59 Å². The molecule has 0 aliphatic carbocycles. The van der Waals surface area contributed by atoms with Gasteiger partial charge < -0.3 is 15.4 Å². The molecule has 2 aromatic heterocycles. The number of halogens is 1. The number of ketones is 1. The van der Waals surface area contributed by atoms with Crippen molar-refractivity contribution in [2.75, 3.05) is 24.6 Å². The number of rotatable bonds is 5. The molecule has 0 saturated carbocycles. The van der Waals surface area contributed by atoms with Crippen LogP contribution in [0.15, 0.2) is 45.6 Å². The topological polar surface area (TPSA) is 116 Å². The quantitative estimate of drug-likeness (QED) is 0.502. The second-order valence-corrected chi connectivity index (χ2v) is 10.7. The van der Waals surface area contributed by atoms with Gasteiger partial charge in [-0.3, -0.25) is 14.2 Å². The molecule has 3 aromatic rings. The summed E-state index contributed by atoms with van der Waals surface area (Å²) in [6.45, 7) is 3.56. The molecule has 0 amide bonds. The highest BCUT2D eigenvalue weighted by molar-refractivity contribution is 7.99. The summed E-state index contributed by atoms with van der Waals surface area (Å²) >= 11 is 7.91. The maximum atomic E-state index is 12.9. The Morgan fingerprint density at radius 1 is 1.31 bits per heavy atom. The van der Waals surface area contributed by atoms with Crippen LogP contribution in [0, 0.1) is 17.8 Å². The van der Waals surface area contributed by atoms with Gasteiger partial charge in [-0.1, -0.05) is 29.3 Å². The Bertz CT molecular complexity index is 1410. The monoisotopic (exact) mass is 524 g/mol. The summed E-state index contributed by atoms with van der Waals surface area (Å²) in [5.41, 5.74) is 6.43. The number of aromatic nitrogens is 4. The summed E-state index contributed by atoms with van der Waals surface area (Å²) in [6.07, 6.45) is 11.8. The van der Waals surface area contributed by atoms with Gasteiger partial charge in [0.15, 0.2) is 0 Å². The van der Waals surface area contributed by atoms with Crippen LogP contribution < -0.4 is 16.2 Å². The van der Waals surface area contributed by atoms with E-state index in [1.165, 1.54) is 29.6 Å². The van der Waals surface area contributed by atoms with Crippen molar-refractivity contribution in [3.8, 4) is 12.3 Å². The van der Waals surface area contributed by atoms with Crippen LogP contribution in [0.2, 0.25) is 5.02 Å². The van der Waals surface area contributed by atoms with Gasteiger partial charge in [0.25, 0.3) is 5.56 Å². The van der Waals surface area contributed by atoms with Crippen LogP contribution in [-0.4, -0.2) is 57.1 Å². The minimum absolute atomic E-state index is 0.0521. The maximum Gasteiger partial charge on any atom is 0.263 e. The van der Waals surface area contributed by atoms with Crippen LogP contribution in [0.5, 0.6) is 0 Å². The van der Waals surface area contributed by atoms with Crippen molar-refractivity contribution in [3.63, 3.8) is 0 Å². The van der Waals surface area contributed by atoms with E-state index >= 15 is 0 Å². The number of carbonyl (C=O) groups excluding carboxylic acids is 1. The first-order valence-electron chi connectivity index (χ1n) is 11.6. The van der Waals surface area contributed by atoms with Crippen molar-refractivity contribution in [1.82, 2.24) is 19.5 Å². The normalized spacial score (nSPS) is 21.1. The van der Waals surface area contributed by atoms with Crippen LogP contribution in [-0.2, 0) is 16.1 Å². The van der Waals surface area contributed by atoms with Crippen molar-refractivity contribution in [3.05, 3.63) is 46.2 Å². The fourth-order valence-electron chi connectivity index (χ4n) is 4.84. The van der Waals surface area contributed by atoms with Gasteiger partial charge in [-0.05, 0) is 31.9 Å². The van der Waals surface area contributed by atoms with Gasteiger partial charge in [-0.2, -0.15) is 0 Å². The molecule has 1 spiro atoms. The largest absolute Gasteiger partial charge is 0.363 e. The van der Waals surface area contributed by atoms with E-state index in [1.54, 1.807) is 24.5 Å². The fourth-order valence-corrected chi connectivity index (χ4v) is 5.96. The van der Waals surface area contributed by atoms with Gasteiger partial charge in [0.1, 0.15) is 22.7 Å². The van der Waals surface area contributed by atoms with Crippen molar-refractivity contribution >= 4 is 45.9 Å². The standard InChI is InChI=1S/C25H25ClN6O3S/c1-3-17-23(27)25(13-35-17)6-8-31(9-7-25)19-10-29-20(11-28-19)36-18-5-4-16-21(22(18)26)24(34)32(14-30-16)12-15(2)33/h1,4-5,10-11,14,17,23H,6-9,12-13,27H2,2H3/t17-,23+/m0/s1. The number of anilines is 1. The van der Waals surface area contributed by atoms with Gasteiger partial charge in [0, 0.05) is 23.4 Å². The van der Waals surface area contributed by atoms with Crippen LogP contribution >= 0.6 is 23.4 Å². The molecule has 0 bridgehead atoms. The number of fused-ring (bicyclic) bond motifs is 1. The molecule has 9 nitrogen and oxygen atoms in total. The lowest BCUT2D eigenvalue weighted by Gasteiger charge is -2.41.